The van der Waals surface area contributed by atoms with Gasteiger partial charge in [0.1, 0.15) is 17.2 Å². The Labute approximate surface area is 191 Å². The summed E-state index contributed by atoms with van der Waals surface area (Å²) in [5.41, 5.74) is 2.82. The molecule has 6 nitrogen and oxygen atoms in total. The van der Waals surface area contributed by atoms with Crippen LogP contribution in [0, 0.1) is 6.92 Å². The SMILES string of the molecule is COc1cc(NC2=C(c3ccccc3)C(=O)N(c3cc(Cl)ccc3C)C2=O)cc(OC)c1. The lowest BCUT2D eigenvalue weighted by Crippen LogP contribution is -2.33. The molecule has 2 amide bonds. The Bertz CT molecular complexity index is 1220. The highest BCUT2D eigenvalue weighted by Crippen LogP contribution is 2.37. The van der Waals surface area contributed by atoms with Gasteiger partial charge in [0, 0.05) is 28.9 Å². The molecule has 32 heavy (non-hydrogen) atoms. The molecule has 0 spiro atoms. The van der Waals surface area contributed by atoms with E-state index in [-0.39, 0.29) is 11.3 Å². The maximum atomic E-state index is 13.6. The van der Waals surface area contributed by atoms with Gasteiger partial charge in [-0.25, -0.2) is 4.90 Å². The minimum Gasteiger partial charge on any atom is -0.497 e. The van der Waals surface area contributed by atoms with Crippen molar-refractivity contribution in [1.82, 2.24) is 0 Å². The Morgan fingerprint density at radius 1 is 0.844 bits per heavy atom. The highest BCUT2D eigenvalue weighted by molar-refractivity contribution is 6.46. The van der Waals surface area contributed by atoms with Gasteiger partial charge >= 0.3 is 0 Å². The molecule has 1 aliphatic rings. The van der Waals surface area contributed by atoms with Crippen molar-refractivity contribution in [2.45, 2.75) is 6.92 Å². The third kappa shape index (κ3) is 3.92. The lowest BCUT2D eigenvalue weighted by Gasteiger charge is -2.18. The molecule has 0 bridgehead atoms. The van der Waals surface area contributed by atoms with Gasteiger partial charge in [0.2, 0.25) is 0 Å². The predicted octanol–water partition coefficient (Wildman–Crippen LogP) is 5.06. The first-order chi connectivity index (χ1) is 15.4. The molecular weight excluding hydrogens is 428 g/mol. The zero-order chi connectivity index (χ0) is 22.8. The second-order valence-electron chi connectivity index (χ2n) is 7.22. The summed E-state index contributed by atoms with van der Waals surface area (Å²) in [5.74, 6) is 0.200. The predicted molar refractivity (Wildman–Crippen MR) is 125 cm³/mol. The molecule has 162 valence electrons. The number of ether oxygens (including phenoxy) is 2. The van der Waals surface area contributed by atoms with E-state index in [2.05, 4.69) is 5.32 Å². The number of carbonyl (C=O) groups is 2. The van der Waals surface area contributed by atoms with Crippen molar-refractivity contribution in [2.24, 2.45) is 0 Å². The molecule has 0 saturated heterocycles. The Balaban J connectivity index is 1.85. The normalized spacial score (nSPS) is 13.6. The largest absolute Gasteiger partial charge is 0.497 e. The number of amides is 2. The van der Waals surface area contributed by atoms with Crippen molar-refractivity contribution in [1.29, 1.82) is 0 Å². The van der Waals surface area contributed by atoms with Crippen LogP contribution in [-0.2, 0) is 9.59 Å². The highest BCUT2D eigenvalue weighted by atomic mass is 35.5. The molecule has 0 radical (unpaired) electrons. The number of hydrogen-bond donors (Lipinski definition) is 1. The quantitative estimate of drug-likeness (QED) is 0.534. The number of nitrogens with one attached hydrogen (secondary N) is 1. The van der Waals surface area contributed by atoms with Crippen LogP contribution in [0.5, 0.6) is 11.5 Å². The third-order valence-corrected chi connectivity index (χ3v) is 5.41. The fourth-order valence-corrected chi connectivity index (χ4v) is 3.75. The van der Waals surface area contributed by atoms with E-state index in [1.54, 1.807) is 62.8 Å². The van der Waals surface area contributed by atoms with Gasteiger partial charge in [0.15, 0.2) is 0 Å². The number of methoxy groups -OCH3 is 2. The van der Waals surface area contributed by atoms with Crippen molar-refractivity contribution in [3.8, 4) is 11.5 Å². The van der Waals surface area contributed by atoms with Gasteiger partial charge in [-0.05, 0) is 30.2 Å². The summed E-state index contributed by atoms with van der Waals surface area (Å²) >= 11 is 6.17. The number of imide groups is 1. The molecule has 0 saturated carbocycles. The van der Waals surface area contributed by atoms with E-state index in [0.717, 1.165) is 10.5 Å². The number of anilines is 2. The van der Waals surface area contributed by atoms with Crippen molar-refractivity contribution < 1.29 is 19.1 Å². The minimum atomic E-state index is -0.471. The van der Waals surface area contributed by atoms with Crippen molar-refractivity contribution in [3.63, 3.8) is 0 Å². The molecule has 3 aromatic rings. The van der Waals surface area contributed by atoms with Crippen molar-refractivity contribution >= 4 is 40.4 Å². The fraction of sp³-hybridized carbons (Fsp3) is 0.120. The van der Waals surface area contributed by atoms with Crippen LogP contribution in [0.25, 0.3) is 5.57 Å². The summed E-state index contributed by atoms with van der Waals surface area (Å²) in [6, 6.07) is 19.4. The van der Waals surface area contributed by atoms with E-state index < -0.39 is 11.8 Å². The van der Waals surface area contributed by atoms with Crippen molar-refractivity contribution in [3.05, 3.63) is 88.6 Å². The smallest absolute Gasteiger partial charge is 0.282 e. The Morgan fingerprint density at radius 3 is 2.12 bits per heavy atom. The van der Waals surface area contributed by atoms with Crippen LogP contribution in [0.3, 0.4) is 0 Å². The van der Waals surface area contributed by atoms with Crippen LogP contribution < -0.4 is 19.7 Å². The summed E-state index contributed by atoms with van der Waals surface area (Å²) < 4.78 is 10.7. The van der Waals surface area contributed by atoms with E-state index in [1.165, 1.54) is 0 Å². The van der Waals surface area contributed by atoms with Crippen LogP contribution in [0.2, 0.25) is 5.02 Å². The summed E-state index contributed by atoms with van der Waals surface area (Å²) in [6.07, 6.45) is 0. The van der Waals surface area contributed by atoms with Crippen LogP contribution in [0.1, 0.15) is 11.1 Å². The molecule has 0 aliphatic carbocycles. The second-order valence-corrected chi connectivity index (χ2v) is 7.66. The lowest BCUT2D eigenvalue weighted by molar-refractivity contribution is -0.120. The second kappa shape index (κ2) is 8.77. The number of halogens is 1. The molecule has 0 unspecified atom stereocenters. The van der Waals surface area contributed by atoms with Gasteiger partial charge in [-0.3, -0.25) is 9.59 Å². The van der Waals surface area contributed by atoms with Crippen LogP contribution in [0.4, 0.5) is 11.4 Å². The Morgan fingerprint density at radius 2 is 1.50 bits per heavy atom. The van der Waals surface area contributed by atoms with Gasteiger partial charge < -0.3 is 14.8 Å². The molecule has 0 aromatic heterocycles. The molecule has 4 rings (SSSR count). The zero-order valence-electron chi connectivity index (χ0n) is 17.8. The van der Waals surface area contributed by atoms with E-state index in [0.29, 0.717) is 33.5 Å². The van der Waals surface area contributed by atoms with Crippen LogP contribution in [0.15, 0.2) is 72.4 Å². The molecular formula is C25H21ClN2O4. The van der Waals surface area contributed by atoms with Crippen LogP contribution in [-0.4, -0.2) is 26.0 Å². The molecule has 7 heteroatoms. The third-order valence-electron chi connectivity index (χ3n) is 5.18. The fourth-order valence-electron chi connectivity index (χ4n) is 3.58. The lowest BCUT2D eigenvalue weighted by atomic mass is 10.0. The molecule has 1 aliphatic heterocycles. The molecule has 1 N–H and O–H groups in total. The number of carbonyl (C=O) groups excluding carboxylic acids is 2. The first kappa shape index (κ1) is 21.5. The topological polar surface area (TPSA) is 67.9 Å². The van der Waals surface area contributed by atoms with Gasteiger partial charge in [0.05, 0.1) is 25.5 Å². The maximum absolute atomic E-state index is 13.6. The zero-order valence-corrected chi connectivity index (χ0v) is 18.6. The van der Waals surface area contributed by atoms with Gasteiger partial charge in [-0.1, -0.05) is 48.0 Å². The van der Waals surface area contributed by atoms with Gasteiger partial charge in [-0.2, -0.15) is 0 Å². The van der Waals surface area contributed by atoms with E-state index in [1.807, 2.05) is 25.1 Å². The minimum absolute atomic E-state index is 0.163. The Kier molecular flexibility index (Phi) is 5.88. The maximum Gasteiger partial charge on any atom is 0.282 e. The average molecular weight is 449 g/mol. The first-order valence-electron chi connectivity index (χ1n) is 9.87. The molecule has 3 aromatic carbocycles. The molecule has 0 fully saturated rings. The number of benzene rings is 3. The van der Waals surface area contributed by atoms with Gasteiger partial charge in [0.25, 0.3) is 11.8 Å². The Hall–Kier alpha value is -3.77. The average Bonchev–Trinajstić information content (AvgIpc) is 3.04. The highest BCUT2D eigenvalue weighted by Gasteiger charge is 2.41. The number of rotatable bonds is 6. The standard InChI is InChI=1S/C25H21ClN2O4/c1-15-9-10-17(26)11-21(15)28-24(29)22(16-7-5-4-6-8-16)23(25(28)30)27-18-12-19(31-2)14-20(13-18)32-3/h4-14,27H,1-3H3. The van der Waals surface area contributed by atoms with Crippen molar-refractivity contribution in [2.75, 3.05) is 24.4 Å². The number of nitrogens with zero attached hydrogens (tertiary/aromatic N) is 1. The molecule has 1 heterocycles. The summed E-state index contributed by atoms with van der Waals surface area (Å²) in [7, 11) is 3.09. The van der Waals surface area contributed by atoms with E-state index >= 15 is 0 Å². The van der Waals surface area contributed by atoms with Crippen LogP contribution >= 0.6 is 11.6 Å². The summed E-state index contributed by atoms with van der Waals surface area (Å²) in [4.78, 5) is 28.3. The molecule has 0 atom stereocenters. The summed E-state index contributed by atoms with van der Waals surface area (Å²) in [6.45, 7) is 1.83. The first-order valence-corrected chi connectivity index (χ1v) is 10.3. The summed E-state index contributed by atoms with van der Waals surface area (Å²) in [5, 5.41) is 3.56. The number of aryl methyl sites for hydroxylation is 1. The van der Waals surface area contributed by atoms with Gasteiger partial charge in [-0.15, -0.1) is 0 Å². The number of hydrogen-bond acceptors (Lipinski definition) is 5. The van der Waals surface area contributed by atoms with E-state index in [4.69, 9.17) is 21.1 Å². The monoisotopic (exact) mass is 448 g/mol. The van der Waals surface area contributed by atoms with E-state index in [9.17, 15) is 9.59 Å².